The van der Waals surface area contributed by atoms with Crippen LogP contribution in [0.1, 0.15) is 0 Å². The highest BCUT2D eigenvalue weighted by Gasteiger charge is 2.11. The van der Waals surface area contributed by atoms with E-state index in [-0.39, 0.29) is 0 Å². The molecule has 0 unspecified atom stereocenters. The van der Waals surface area contributed by atoms with Crippen molar-refractivity contribution in [2.45, 2.75) is 0 Å². The number of aromatic amines is 1. The third kappa shape index (κ3) is 1.60. The number of benzene rings is 2. The molecule has 0 saturated heterocycles. The number of hydrogen-bond donors (Lipinski definition) is 3. The molecule has 0 atom stereocenters. The lowest BCUT2D eigenvalue weighted by atomic mass is 10.2. The van der Waals surface area contributed by atoms with Crippen LogP contribution in [0, 0.1) is 0 Å². The fraction of sp³-hybridized carbons (Fsp3) is 0. The molecular formula is C15H12N4O. The molecule has 0 radical (unpaired) electrons. The molecule has 2 heterocycles. The largest absolute Gasteiger partial charge is 0.435 e. The van der Waals surface area contributed by atoms with Crippen LogP contribution < -0.4 is 11.5 Å². The summed E-state index contributed by atoms with van der Waals surface area (Å²) in [5, 5.41) is 1.03. The molecule has 20 heavy (non-hydrogen) atoms. The van der Waals surface area contributed by atoms with Gasteiger partial charge in [0.2, 0.25) is 5.89 Å². The maximum absolute atomic E-state index is 5.78. The van der Waals surface area contributed by atoms with E-state index in [9.17, 15) is 0 Å². The van der Waals surface area contributed by atoms with Gasteiger partial charge in [0.1, 0.15) is 11.2 Å². The van der Waals surface area contributed by atoms with E-state index in [0.717, 1.165) is 27.8 Å². The summed E-state index contributed by atoms with van der Waals surface area (Å²) in [5.41, 5.74) is 16.2. The van der Waals surface area contributed by atoms with Crippen LogP contribution in [0.25, 0.3) is 33.6 Å². The van der Waals surface area contributed by atoms with Crippen LogP contribution in [0.4, 0.5) is 11.4 Å². The molecule has 4 aromatic rings. The van der Waals surface area contributed by atoms with Crippen LogP contribution >= 0.6 is 0 Å². The third-order valence-electron chi connectivity index (χ3n) is 3.29. The highest BCUT2D eigenvalue weighted by molar-refractivity contribution is 5.88. The van der Waals surface area contributed by atoms with Crippen molar-refractivity contribution in [2.24, 2.45) is 0 Å². The van der Waals surface area contributed by atoms with Gasteiger partial charge >= 0.3 is 0 Å². The maximum Gasteiger partial charge on any atom is 0.244 e. The Kier molecular flexibility index (Phi) is 2.06. The first-order chi connectivity index (χ1) is 9.69. The fourth-order valence-corrected chi connectivity index (χ4v) is 2.33. The normalized spacial score (nSPS) is 11.4. The first-order valence-electron chi connectivity index (χ1n) is 6.24. The van der Waals surface area contributed by atoms with Gasteiger partial charge in [-0.25, -0.2) is 4.98 Å². The van der Waals surface area contributed by atoms with Crippen molar-refractivity contribution >= 4 is 33.4 Å². The Bertz CT molecular complexity index is 858. The summed E-state index contributed by atoms with van der Waals surface area (Å²) < 4.78 is 5.74. The highest BCUT2D eigenvalue weighted by atomic mass is 16.3. The fourth-order valence-electron chi connectivity index (χ4n) is 2.33. The number of aromatic nitrogens is 2. The van der Waals surface area contributed by atoms with E-state index in [4.69, 9.17) is 15.9 Å². The molecule has 2 aromatic heterocycles. The van der Waals surface area contributed by atoms with Crippen molar-refractivity contribution < 1.29 is 4.42 Å². The van der Waals surface area contributed by atoms with Crippen molar-refractivity contribution in [1.29, 1.82) is 0 Å². The molecule has 5 heteroatoms. The Morgan fingerprint density at radius 3 is 2.65 bits per heavy atom. The van der Waals surface area contributed by atoms with Crippen LogP contribution in [-0.4, -0.2) is 9.97 Å². The molecule has 5 N–H and O–H groups in total. The average Bonchev–Trinajstić information content (AvgIpc) is 3.00. The number of oxazole rings is 1. The molecule has 0 bridgehead atoms. The zero-order valence-corrected chi connectivity index (χ0v) is 10.6. The zero-order valence-electron chi connectivity index (χ0n) is 10.6. The summed E-state index contributed by atoms with van der Waals surface area (Å²) in [6.07, 6.45) is 0. The van der Waals surface area contributed by atoms with E-state index in [0.29, 0.717) is 17.2 Å². The number of hydrogen-bond acceptors (Lipinski definition) is 4. The van der Waals surface area contributed by atoms with Crippen molar-refractivity contribution in [3.05, 3.63) is 42.5 Å². The molecule has 2 aromatic carbocycles. The molecule has 0 saturated carbocycles. The predicted molar refractivity (Wildman–Crippen MR) is 80.1 cm³/mol. The number of anilines is 2. The molecule has 0 amide bonds. The maximum atomic E-state index is 5.78. The number of rotatable bonds is 1. The first-order valence-corrected chi connectivity index (χ1v) is 6.24. The van der Waals surface area contributed by atoms with Gasteiger partial charge in [0.25, 0.3) is 0 Å². The number of H-pyrrole nitrogens is 1. The lowest BCUT2D eigenvalue weighted by Crippen LogP contribution is -1.82. The molecular weight excluding hydrogens is 252 g/mol. The minimum Gasteiger partial charge on any atom is -0.435 e. The molecule has 0 spiro atoms. The van der Waals surface area contributed by atoms with Gasteiger partial charge in [-0.3, -0.25) is 0 Å². The van der Waals surface area contributed by atoms with Gasteiger partial charge < -0.3 is 20.9 Å². The zero-order chi connectivity index (χ0) is 13.7. The summed E-state index contributed by atoms with van der Waals surface area (Å²) in [6.45, 7) is 0. The highest BCUT2D eigenvalue weighted by Crippen LogP contribution is 2.28. The van der Waals surface area contributed by atoms with Gasteiger partial charge in [-0.15, -0.1) is 0 Å². The summed E-state index contributed by atoms with van der Waals surface area (Å²) in [6, 6.07) is 13.1. The first kappa shape index (κ1) is 10.9. The predicted octanol–water partition coefficient (Wildman–Crippen LogP) is 3.14. The summed E-state index contributed by atoms with van der Waals surface area (Å²) in [4.78, 5) is 7.72. The number of nitrogen functional groups attached to an aromatic ring is 2. The van der Waals surface area contributed by atoms with E-state index in [2.05, 4.69) is 9.97 Å². The topological polar surface area (TPSA) is 93.9 Å². The lowest BCUT2D eigenvalue weighted by molar-refractivity contribution is 0.617. The smallest absolute Gasteiger partial charge is 0.244 e. The minimum atomic E-state index is 0.542. The average molecular weight is 264 g/mol. The van der Waals surface area contributed by atoms with Crippen LogP contribution in [0.15, 0.2) is 46.9 Å². The van der Waals surface area contributed by atoms with Crippen LogP contribution in [0.2, 0.25) is 0 Å². The molecule has 0 aliphatic rings. The number of nitrogens with two attached hydrogens (primary N) is 2. The lowest BCUT2D eigenvalue weighted by Gasteiger charge is -1.90. The van der Waals surface area contributed by atoms with E-state index in [1.807, 2.05) is 30.3 Å². The van der Waals surface area contributed by atoms with Crippen molar-refractivity contribution in [3.8, 4) is 11.6 Å². The number of nitrogens with zero attached hydrogens (tertiary/aromatic N) is 1. The van der Waals surface area contributed by atoms with Crippen LogP contribution in [0.3, 0.4) is 0 Å². The third-order valence-corrected chi connectivity index (χ3v) is 3.29. The Labute approximate surface area is 114 Å². The van der Waals surface area contributed by atoms with Crippen molar-refractivity contribution in [2.75, 3.05) is 11.5 Å². The van der Waals surface area contributed by atoms with Crippen LogP contribution in [-0.2, 0) is 0 Å². The van der Waals surface area contributed by atoms with Gasteiger partial charge in [0.15, 0.2) is 5.58 Å². The van der Waals surface area contributed by atoms with Crippen LogP contribution in [0.5, 0.6) is 0 Å². The van der Waals surface area contributed by atoms with Gasteiger partial charge in [0.05, 0.1) is 0 Å². The minimum absolute atomic E-state index is 0.542. The molecule has 0 fully saturated rings. The molecule has 0 aliphatic carbocycles. The molecule has 0 aliphatic heterocycles. The number of nitrogens with one attached hydrogen (secondary N) is 1. The van der Waals surface area contributed by atoms with Gasteiger partial charge in [-0.2, -0.15) is 0 Å². The van der Waals surface area contributed by atoms with E-state index in [1.54, 1.807) is 12.1 Å². The standard InChI is InChI=1S/C15H12N4O/c16-9-1-3-11-8(5-9)6-13(18-11)15-19-12-7-10(17)2-4-14(12)20-15/h1-7,18H,16-17H2. The van der Waals surface area contributed by atoms with Crippen molar-refractivity contribution in [1.82, 2.24) is 9.97 Å². The molecule has 98 valence electrons. The summed E-state index contributed by atoms with van der Waals surface area (Å²) in [7, 11) is 0. The van der Waals surface area contributed by atoms with Gasteiger partial charge in [-0.05, 0) is 42.5 Å². The SMILES string of the molecule is Nc1ccc2[nH]c(-c3nc4cc(N)ccc4o3)cc2c1. The monoisotopic (exact) mass is 264 g/mol. The second kappa shape index (κ2) is 3.77. The van der Waals surface area contributed by atoms with E-state index < -0.39 is 0 Å². The Hall–Kier alpha value is -2.95. The molecule has 5 nitrogen and oxygen atoms in total. The van der Waals surface area contributed by atoms with Crippen molar-refractivity contribution in [3.63, 3.8) is 0 Å². The number of fused-ring (bicyclic) bond motifs is 2. The summed E-state index contributed by atoms with van der Waals surface area (Å²) in [5.74, 6) is 0.542. The second-order valence-electron chi connectivity index (χ2n) is 4.78. The quantitative estimate of drug-likeness (QED) is 0.460. The summed E-state index contributed by atoms with van der Waals surface area (Å²) >= 11 is 0. The second-order valence-corrected chi connectivity index (χ2v) is 4.78. The van der Waals surface area contributed by atoms with E-state index in [1.165, 1.54) is 0 Å². The Morgan fingerprint density at radius 2 is 1.75 bits per heavy atom. The molecule has 4 rings (SSSR count). The Balaban J connectivity index is 1.91. The Morgan fingerprint density at radius 1 is 0.950 bits per heavy atom. The van der Waals surface area contributed by atoms with E-state index >= 15 is 0 Å². The van der Waals surface area contributed by atoms with Gasteiger partial charge in [-0.1, -0.05) is 0 Å². The van der Waals surface area contributed by atoms with Gasteiger partial charge in [0, 0.05) is 22.3 Å².